The predicted octanol–water partition coefficient (Wildman–Crippen LogP) is 2.12. The van der Waals surface area contributed by atoms with Gasteiger partial charge in [0.25, 0.3) is 0 Å². The molecule has 2 N–H and O–H groups in total. The van der Waals surface area contributed by atoms with Gasteiger partial charge in [0, 0.05) is 26.2 Å². The summed E-state index contributed by atoms with van der Waals surface area (Å²) >= 11 is 0. The molecule has 21 heavy (non-hydrogen) atoms. The summed E-state index contributed by atoms with van der Waals surface area (Å²) in [4.78, 5) is 15.9. The van der Waals surface area contributed by atoms with Crippen LogP contribution in [0.4, 0.5) is 4.79 Å². The number of amides is 2. The van der Waals surface area contributed by atoms with Crippen LogP contribution in [-0.2, 0) is 6.54 Å². The molecule has 2 amide bonds. The number of carbonyl (C=O) groups is 1. The minimum absolute atomic E-state index is 0.106. The SMILES string of the molecule is CC(C)[C@H](CNC(=O)N(C)Cc1cccc(O)c1)N(C)C. The van der Waals surface area contributed by atoms with Crippen molar-refractivity contribution in [2.45, 2.75) is 26.4 Å². The number of carbonyl (C=O) groups excluding carboxylic acids is 1. The first-order valence-electron chi connectivity index (χ1n) is 7.24. The van der Waals surface area contributed by atoms with Crippen molar-refractivity contribution in [3.63, 3.8) is 0 Å². The Hall–Kier alpha value is -1.75. The van der Waals surface area contributed by atoms with E-state index in [0.29, 0.717) is 25.0 Å². The highest BCUT2D eigenvalue weighted by molar-refractivity contribution is 5.73. The van der Waals surface area contributed by atoms with Crippen LogP contribution in [0.1, 0.15) is 19.4 Å². The number of phenols is 1. The van der Waals surface area contributed by atoms with Crippen molar-refractivity contribution in [2.75, 3.05) is 27.7 Å². The Morgan fingerprint density at radius 2 is 1.95 bits per heavy atom. The second kappa shape index (κ2) is 7.88. The number of benzene rings is 1. The highest BCUT2D eigenvalue weighted by Crippen LogP contribution is 2.12. The normalized spacial score (nSPS) is 12.5. The Labute approximate surface area is 127 Å². The third kappa shape index (κ3) is 5.63. The number of hydrogen-bond acceptors (Lipinski definition) is 3. The lowest BCUT2D eigenvalue weighted by Gasteiger charge is -2.29. The maximum absolute atomic E-state index is 12.1. The van der Waals surface area contributed by atoms with Crippen LogP contribution >= 0.6 is 0 Å². The Morgan fingerprint density at radius 1 is 1.29 bits per heavy atom. The standard InChI is InChI=1S/C16H27N3O2/c1-12(2)15(18(3)4)10-17-16(21)19(5)11-13-7-6-8-14(20)9-13/h6-9,12,15,20H,10-11H2,1-5H3,(H,17,21)/t15-/m0/s1. The zero-order valence-corrected chi connectivity index (χ0v) is 13.6. The van der Waals surface area contributed by atoms with Crippen LogP contribution in [0.2, 0.25) is 0 Å². The molecule has 0 aliphatic heterocycles. The number of phenolic OH excluding ortho intramolecular Hbond substituents is 1. The molecule has 0 fully saturated rings. The van der Waals surface area contributed by atoms with E-state index in [-0.39, 0.29) is 11.8 Å². The molecular formula is C16H27N3O2. The molecule has 0 saturated carbocycles. The van der Waals surface area contributed by atoms with Crippen LogP contribution in [0.5, 0.6) is 5.75 Å². The van der Waals surface area contributed by atoms with E-state index in [4.69, 9.17) is 0 Å². The van der Waals surface area contributed by atoms with Crippen molar-refractivity contribution in [1.29, 1.82) is 0 Å². The summed E-state index contributed by atoms with van der Waals surface area (Å²) in [6.45, 7) is 5.38. The van der Waals surface area contributed by atoms with Crippen molar-refractivity contribution in [3.05, 3.63) is 29.8 Å². The fourth-order valence-corrected chi connectivity index (χ4v) is 2.34. The Bertz CT molecular complexity index is 453. The van der Waals surface area contributed by atoms with Gasteiger partial charge in [0.1, 0.15) is 5.75 Å². The van der Waals surface area contributed by atoms with Crippen LogP contribution < -0.4 is 5.32 Å². The van der Waals surface area contributed by atoms with Gasteiger partial charge < -0.3 is 20.2 Å². The fraction of sp³-hybridized carbons (Fsp3) is 0.562. The molecule has 0 bridgehead atoms. The van der Waals surface area contributed by atoms with E-state index in [1.54, 1.807) is 30.1 Å². The first-order valence-corrected chi connectivity index (χ1v) is 7.24. The summed E-state index contributed by atoms with van der Waals surface area (Å²) in [6.07, 6.45) is 0. The zero-order valence-electron chi connectivity index (χ0n) is 13.6. The molecule has 0 heterocycles. The molecule has 5 nitrogen and oxygen atoms in total. The second-order valence-electron chi connectivity index (χ2n) is 5.99. The molecule has 0 aliphatic rings. The molecule has 1 rings (SSSR count). The predicted molar refractivity (Wildman–Crippen MR) is 85.3 cm³/mol. The first kappa shape index (κ1) is 17.3. The molecule has 5 heteroatoms. The average molecular weight is 293 g/mol. The van der Waals surface area contributed by atoms with Gasteiger partial charge in [0.2, 0.25) is 0 Å². The molecular weight excluding hydrogens is 266 g/mol. The third-order valence-corrected chi connectivity index (χ3v) is 3.57. The summed E-state index contributed by atoms with van der Waals surface area (Å²) in [5, 5.41) is 12.4. The summed E-state index contributed by atoms with van der Waals surface area (Å²) in [5.74, 6) is 0.686. The molecule has 0 aromatic heterocycles. The van der Waals surface area contributed by atoms with Gasteiger partial charge in [0.15, 0.2) is 0 Å². The van der Waals surface area contributed by atoms with E-state index in [1.807, 2.05) is 20.2 Å². The van der Waals surface area contributed by atoms with Gasteiger partial charge in [-0.15, -0.1) is 0 Å². The number of hydrogen-bond donors (Lipinski definition) is 2. The van der Waals surface area contributed by atoms with E-state index in [1.165, 1.54) is 0 Å². The summed E-state index contributed by atoms with van der Waals surface area (Å²) in [7, 11) is 5.79. The molecule has 0 radical (unpaired) electrons. The molecule has 1 atom stereocenters. The highest BCUT2D eigenvalue weighted by atomic mass is 16.3. The molecule has 1 aromatic carbocycles. The quantitative estimate of drug-likeness (QED) is 0.844. The van der Waals surface area contributed by atoms with Gasteiger partial charge in [-0.2, -0.15) is 0 Å². The highest BCUT2D eigenvalue weighted by Gasteiger charge is 2.17. The maximum Gasteiger partial charge on any atom is 0.317 e. The fourth-order valence-electron chi connectivity index (χ4n) is 2.34. The lowest BCUT2D eigenvalue weighted by atomic mass is 10.0. The van der Waals surface area contributed by atoms with E-state index in [9.17, 15) is 9.90 Å². The van der Waals surface area contributed by atoms with Crippen LogP contribution in [0.15, 0.2) is 24.3 Å². The second-order valence-corrected chi connectivity index (χ2v) is 5.99. The van der Waals surface area contributed by atoms with Gasteiger partial charge in [-0.1, -0.05) is 26.0 Å². The number of urea groups is 1. The van der Waals surface area contributed by atoms with Crippen LogP contribution in [0.25, 0.3) is 0 Å². The molecule has 0 aliphatic carbocycles. The molecule has 0 spiro atoms. The molecule has 0 saturated heterocycles. The molecule has 0 unspecified atom stereocenters. The summed E-state index contributed by atoms with van der Waals surface area (Å²) in [6, 6.07) is 7.15. The number of aromatic hydroxyl groups is 1. The monoisotopic (exact) mass is 293 g/mol. The summed E-state index contributed by atoms with van der Waals surface area (Å²) in [5.41, 5.74) is 0.903. The maximum atomic E-state index is 12.1. The number of nitrogens with zero attached hydrogens (tertiary/aromatic N) is 2. The van der Waals surface area contributed by atoms with Crippen molar-refractivity contribution in [1.82, 2.24) is 15.1 Å². The average Bonchev–Trinajstić information content (AvgIpc) is 2.37. The van der Waals surface area contributed by atoms with E-state index < -0.39 is 0 Å². The first-order chi connectivity index (χ1) is 9.81. The lowest BCUT2D eigenvalue weighted by Crippen LogP contribution is -2.46. The van der Waals surface area contributed by atoms with Crippen LogP contribution in [0.3, 0.4) is 0 Å². The molecule has 118 valence electrons. The number of nitrogens with one attached hydrogen (secondary N) is 1. The van der Waals surface area contributed by atoms with Crippen molar-refractivity contribution in [3.8, 4) is 5.75 Å². The minimum Gasteiger partial charge on any atom is -0.508 e. The lowest BCUT2D eigenvalue weighted by molar-refractivity contribution is 0.191. The van der Waals surface area contributed by atoms with Gasteiger partial charge in [-0.25, -0.2) is 4.79 Å². The van der Waals surface area contributed by atoms with Gasteiger partial charge in [0.05, 0.1) is 0 Å². The largest absolute Gasteiger partial charge is 0.508 e. The van der Waals surface area contributed by atoms with E-state index in [2.05, 4.69) is 24.1 Å². The Kier molecular flexibility index (Phi) is 6.49. The Balaban J connectivity index is 2.51. The minimum atomic E-state index is -0.106. The van der Waals surface area contributed by atoms with E-state index in [0.717, 1.165) is 5.56 Å². The van der Waals surface area contributed by atoms with Gasteiger partial charge in [-0.05, 0) is 37.7 Å². The smallest absolute Gasteiger partial charge is 0.317 e. The summed E-state index contributed by atoms with van der Waals surface area (Å²) < 4.78 is 0. The van der Waals surface area contributed by atoms with Crippen molar-refractivity contribution in [2.24, 2.45) is 5.92 Å². The molecule has 1 aromatic rings. The van der Waals surface area contributed by atoms with Crippen LogP contribution in [0, 0.1) is 5.92 Å². The van der Waals surface area contributed by atoms with Crippen LogP contribution in [-0.4, -0.2) is 54.7 Å². The zero-order chi connectivity index (χ0) is 16.0. The number of likely N-dealkylation sites (N-methyl/N-ethyl adjacent to an activating group) is 1. The van der Waals surface area contributed by atoms with E-state index >= 15 is 0 Å². The third-order valence-electron chi connectivity index (χ3n) is 3.57. The Morgan fingerprint density at radius 3 is 2.48 bits per heavy atom. The van der Waals surface area contributed by atoms with Crippen molar-refractivity contribution >= 4 is 6.03 Å². The number of rotatable bonds is 6. The van der Waals surface area contributed by atoms with Crippen molar-refractivity contribution < 1.29 is 9.90 Å². The van der Waals surface area contributed by atoms with Gasteiger partial charge in [-0.3, -0.25) is 0 Å². The topological polar surface area (TPSA) is 55.8 Å². The van der Waals surface area contributed by atoms with Gasteiger partial charge >= 0.3 is 6.03 Å².